The molecule has 1 aliphatic rings. The highest BCUT2D eigenvalue weighted by Gasteiger charge is 2.44. The number of aryl methyl sites for hydroxylation is 1. The van der Waals surface area contributed by atoms with Gasteiger partial charge in [-0.2, -0.15) is 0 Å². The van der Waals surface area contributed by atoms with Gasteiger partial charge in [0, 0.05) is 6.42 Å². The highest BCUT2D eigenvalue weighted by Crippen LogP contribution is 2.33. The lowest BCUT2D eigenvalue weighted by Gasteiger charge is -2.24. The molecule has 0 bridgehead atoms. The van der Waals surface area contributed by atoms with Crippen LogP contribution in [-0.2, 0) is 11.2 Å². The van der Waals surface area contributed by atoms with Gasteiger partial charge in [0.2, 0.25) is 0 Å². The SMILES string of the molecule is COc1ccc(CC(c2nc3ccc(C)cc3[nH]2)N2C(=O)N[C@H](c3ccc(OCCO)cc3)C2=O)cc1. The molecule has 3 aromatic carbocycles. The van der Waals surface area contributed by atoms with E-state index >= 15 is 0 Å². The number of carbonyl (C=O) groups excluding carboxylic acids is 2. The number of rotatable bonds is 9. The number of amides is 3. The fourth-order valence-corrected chi connectivity index (χ4v) is 4.53. The molecule has 4 aromatic rings. The predicted molar refractivity (Wildman–Crippen MR) is 137 cm³/mol. The van der Waals surface area contributed by atoms with Crippen molar-refractivity contribution in [1.82, 2.24) is 20.2 Å². The summed E-state index contributed by atoms with van der Waals surface area (Å²) in [5.74, 6) is 1.47. The van der Waals surface area contributed by atoms with Crippen LogP contribution in [0.2, 0.25) is 0 Å². The highest BCUT2D eigenvalue weighted by atomic mass is 16.5. The van der Waals surface area contributed by atoms with Crippen LogP contribution in [0.4, 0.5) is 4.79 Å². The van der Waals surface area contributed by atoms with Crippen LogP contribution in [0.5, 0.6) is 11.5 Å². The van der Waals surface area contributed by atoms with Crippen molar-refractivity contribution in [1.29, 1.82) is 0 Å². The van der Waals surface area contributed by atoms with Gasteiger partial charge in [-0.15, -0.1) is 0 Å². The van der Waals surface area contributed by atoms with Crippen LogP contribution >= 0.6 is 0 Å². The summed E-state index contributed by atoms with van der Waals surface area (Å²) in [6, 6.07) is 18.4. The van der Waals surface area contributed by atoms with E-state index in [1.165, 1.54) is 4.90 Å². The zero-order chi connectivity index (χ0) is 25.9. The summed E-state index contributed by atoms with van der Waals surface area (Å²) in [6.07, 6.45) is 0.378. The van der Waals surface area contributed by atoms with Crippen LogP contribution in [0.25, 0.3) is 11.0 Å². The molecule has 1 saturated heterocycles. The minimum Gasteiger partial charge on any atom is -0.497 e. The van der Waals surface area contributed by atoms with Crippen molar-refractivity contribution in [3.8, 4) is 11.5 Å². The number of aliphatic hydroxyl groups excluding tert-OH is 1. The van der Waals surface area contributed by atoms with Crippen LogP contribution in [-0.4, -0.2) is 52.2 Å². The number of urea groups is 1. The third-order valence-electron chi connectivity index (χ3n) is 6.42. The van der Waals surface area contributed by atoms with E-state index in [0.29, 0.717) is 23.6 Å². The Hall–Kier alpha value is -4.37. The molecule has 0 radical (unpaired) electrons. The van der Waals surface area contributed by atoms with E-state index in [9.17, 15) is 9.59 Å². The number of aromatic amines is 1. The van der Waals surface area contributed by atoms with Gasteiger partial charge in [0.25, 0.3) is 5.91 Å². The van der Waals surface area contributed by atoms with Crippen molar-refractivity contribution >= 4 is 23.0 Å². The minimum atomic E-state index is -0.829. The van der Waals surface area contributed by atoms with Crippen molar-refractivity contribution in [2.45, 2.75) is 25.4 Å². The molecule has 5 rings (SSSR count). The summed E-state index contributed by atoms with van der Waals surface area (Å²) in [4.78, 5) is 36.2. The van der Waals surface area contributed by atoms with Crippen molar-refractivity contribution in [3.05, 3.63) is 89.2 Å². The first-order chi connectivity index (χ1) is 18.0. The van der Waals surface area contributed by atoms with Gasteiger partial charge in [0.15, 0.2) is 0 Å². The van der Waals surface area contributed by atoms with Gasteiger partial charge >= 0.3 is 6.03 Å². The average molecular weight is 501 g/mol. The molecule has 0 spiro atoms. The Bertz CT molecular complexity index is 1420. The lowest BCUT2D eigenvalue weighted by atomic mass is 10.0. The van der Waals surface area contributed by atoms with Crippen molar-refractivity contribution in [2.24, 2.45) is 0 Å². The molecule has 1 aromatic heterocycles. The molecule has 37 heavy (non-hydrogen) atoms. The second-order valence-electron chi connectivity index (χ2n) is 8.94. The molecule has 0 aliphatic carbocycles. The molecule has 9 nitrogen and oxygen atoms in total. The topological polar surface area (TPSA) is 117 Å². The molecule has 3 amide bonds. The van der Waals surface area contributed by atoms with Crippen molar-refractivity contribution < 1.29 is 24.2 Å². The Morgan fingerprint density at radius 1 is 1.03 bits per heavy atom. The Morgan fingerprint density at radius 2 is 1.76 bits per heavy atom. The number of carbonyl (C=O) groups is 2. The van der Waals surface area contributed by atoms with Crippen LogP contribution in [0.15, 0.2) is 66.7 Å². The Kier molecular flexibility index (Phi) is 6.78. The molecule has 2 atom stereocenters. The van der Waals surface area contributed by atoms with E-state index in [-0.39, 0.29) is 19.1 Å². The Morgan fingerprint density at radius 3 is 2.46 bits per heavy atom. The summed E-state index contributed by atoms with van der Waals surface area (Å²) in [7, 11) is 1.60. The normalized spacial score (nSPS) is 16.2. The summed E-state index contributed by atoms with van der Waals surface area (Å²) in [6.45, 7) is 2.08. The van der Waals surface area contributed by atoms with E-state index in [4.69, 9.17) is 19.6 Å². The number of hydrogen-bond donors (Lipinski definition) is 3. The monoisotopic (exact) mass is 500 g/mol. The van der Waals surface area contributed by atoms with Gasteiger partial charge in [-0.3, -0.25) is 9.69 Å². The van der Waals surface area contributed by atoms with E-state index < -0.39 is 18.1 Å². The standard InChI is InChI=1S/C28H28N4O5/c1-17-3-12-22-23(15-17)30-26(29-22)24(16-18-4-8-20(36-2)9-5-18)32-27(34)25(31-28(32)35)19-6-10-21(11-7-19)37-14-13-33/h3-12,15,24-25,33H,13-14,16H2,1-2H3,(H,29,30)(H,31,35)/t24?,25-/m1/s1. The largest absolute Gasteiger partial charge is 0.497 e. The average Bonchev–Trinajstić information content (AvgIpc) is 3.46. The maximum atomic E-state index is 13.7. The maximum Gasteiger partial charge on any atom is 0.325 e. The van der Waals surface area contributed by atoms with Gasteiger partial charge in [-0.1, -0.05) is 30.3 Å². The molecule has 3 N–H and O–H groups in total. The van der Waals surface area contributed by atoms with Crippen LogP contribution in [0.3, 0.4) is 0 Å². The van der Waals surface area contributed by atoms with Gasteiger partial charge in [0.1, 0.15) is 36.0 Å². The molecule has 190 valence electrons. The number of hydrogen-bond acceptors (Lipinski definition) is 6. The summed E-state index contributed by atoms with van der Waals surface area (Å²) >= 11 is 0. The lowest BCUT2D eigenvalue weighted by Crippen LogP contribution is -2.36. The minimum absolute atomic E-state index is 0.0924. The number of nitrogens with one attached hydrogen (secondary N) is 2. The molecular weight excluding hydrogens is 472 g/mol. The van der Waals surface area contributed by atoms with E-state index in [1.807, 2.05) is 49.4 Å². The third-order valence-corrected chi connectivity index (χ3v) is 6.42. The van der Waals surface area contributed by atoms with Gasteiger partial charge in [-0.05, 0) is 60.0 Å². The molecule has 1 fully saturated rings. The second-order valence-corrected chi connectivity index (χ2v) is 8.94. The maximum absolute atomic E-state index is 13.7. The van der Waals surface area contributed by atoms with E-state index in [0.717, 1.165) is 27.9 Å². The molecule has 9 heteroatoms. The summed E-state index contributed by atoms with van der Waals surface area (Å²) in [5, 5.41) is 11.8. The summed E-state index contributed by atoms with van der Waals surface area (Å²) in [5.41, 5.74) is 4.26. The van der Waals surface area contributed by atoms with E-state index in [2.05, 4.69) is 10.3 Å². The highest BCUT2D eigenvalue weighted by molar-refractivity contribution is 6.05. The van der Waals surface area contributed by atoms with Gasteiger partial charge < -0.3 is 24.9 Å². The molecule has 0 saturated carbocycles. The number of fused-ring (bicyclic) bond motifs is 1. The number of methoxy groups -OCH3 is 1. The number of aromatic nitrogens is 2. The fourth-order valence-electron chi connectivity index (χ4n) is 4.53. The van der Waals surface area contributed by atoms with Crippen LogP contribution in [0, 0.1) is 6.92 Å². The van der Waals surface area contributed by atoms with Crippen molar-refractivity contribution in [2.75, 3.05) is 20.3 Å². The van der Waals surface area contributed by atoms with E-state index in [1.54, 1.807) is 31.4 Å². The number of ether oxygens (including phenoxy) is 2. The number of benzene rings is 3. The van der Waals surface area contributed by atoms with Crippen LogP contribution in [0.1, 0.15) is 34.6 Å². The number of nitrogens with zero attached hydrogens (tertiary/aromatic N) is 2. The molecule has 2 heterocycles. The second kappa shape index (κ2) is 10.3. The van der Waals surface area contributed by atoms with Crippen LogP contribution < -0.4 is 14.8 Å². The third kappa shape index (κ3) is 4.99. The van der Waals surface area contributed by atoms with Gasteiger partial charge in [0.05, 0.1) is 24.8 Å². The zero-order valence-corrected chi connectivity index (χ0v) is 20.6. The first kappa shape index (κ1) is 24.3. The number of aliphatic hydroxyl groups is 1. The summed E-state index contributed by atoms with van der Waals surface area (Å²) < 4.78 is 10.7. The van der Waals surface area contributed by atoms with Crippen molar-refractivity contribution in [3.63, 3.8) is 0 Å². The first-order valence-electron chi connectivity index (χ1n) is 12.0. The Labute approximate surface area is 214 Å². The van der Waals surface area contributed by atoms with Gasteiger partial charge in [-0.25, -0.2) is 9.78 Å². The molecule has 1 aliphatic heterocycles. The smallest absolute Gasteiger partial charge is 0.325 e. The quantitative estimate of drug-likeness (QED) is 0.301. The zero-order valence-electron chi connectivity index (χ0n) is 20.6. The molecule has 1 unspecified atom stereocenters. The molecular formula is C28H28N4O5. The number of imide groups is 1. The lowest BCUT2D eigenvalue weighted by molar-refractivity contribution is -0.129. The Balaban J connectivity index is 1.48. The predicted octanol–water partition coefficient (Wildman–Crippen LogP) is 3.83. The number of H-pyrrole nitrogens is 1. The number of imidazole rings is 1. The fraction of sp³-hybridized carbons (Fsp3) is 0.250. The first-order valence-corrected chi connectivity index (χ1v) is 12.0.